The lowest BCUT2D eigenvalue weighted by molar-refractivity contribution is -0.140. The molecule has 2 amide bonds. The van der Waals surface area contributed by atoms with Crippen LogP contribution in [0.25, 0.3) is 0 Å². The fourth-order valence-electron chi connectivity index (χ4n) is 1.93. The molecule has 0 aliphatic carbocycles. The SMILES string of the molecule is CCc1nn(C)cc1NC(=O)N1CSC[C@H]1C(=O)O. The molecule has 0 aromatic carbocycles. The molecule has 2 rings (SSSR count). The Hall–Kier alpha value is -1.70. The van der Waals surface area contributed by atoms with Gasteiger partial charge in [-0.25, -0.2) is 9.59 Å². The van der Waals surface area contributed by atoms with E-state index in [0.29, 0.717) is 23.7 Å². The predicted molar refractivity (Wildman–Crippen MR) is 72.2 cm³/mol. The van der Waals surface area contributed by atoms with Gasteiger partial charge in [0.1, 0.15) is 6.04 Å². The molecular formula is C11H16N4O3S. The Morgan fingerprint density at radius 2 is 2.37 bits per heavy atom. The number of carbonyl (C=O) groups excluding carboxylic acids is 1. The van der Waals surface area contributed by atoms with E-state index in [1.54, 1.807) is 17.9 Å². The summed E-state index contributed by atoms with van der Waals surface area (Å²) in [7, 11) is 1.78. The molecule has 0 unspecified atom stereocenters. The second-order valence-electron chi connectivity index (χ2n) is 4.27. The van der Waals surface area contributed by atoms with Crippen molar-refractivity contribution in [2.24, 2.45) is 7.05 Å². The van der Waals surface area contributed by atoms with Gasteiger partial charge in [-0.15, -0.1) is 11.8 Å². The van der Waals surface area contributed by atoms with Gasteiger partial charge in [0, 0.05) is 19.0 Å². The van der Waals surface area contributed by atoms with E-state index in [0.717, 1.165) is 5.69 Å². The van der Waals surface area contributed by atoms with Crippen LogP contribution in [0.4, 0.5) is 10.5 Å². The highest BCUT2D eigenvalue weighted by molar-refractivity contribution is 7.99. The van der Waals surface area contributed by atoms with Gasteiger partial charge in [-0.3, -0.25) is 4.68 Å². The molecule has 1 atom stereocenters. The highest BCUT2D eigenvalue weighted by atomic mass is 32.2. The normalized spacial score (nSPS) is 18.6. The van der Waals surface area contributed by atoms with Crippen molar-refractivity contribution in [3.8, 4) is 0 Å². The van der Waals surface area contributed by atoms with Gasteiger partial charge in [-0.05, 0) is 6.42 Å². The topological polar surface area (TPSA) is 87.5 Å². The summed E-state index contributed by atoms with van der Waals surface area (Å²) in [4.78, 5) is 24.5. The second-order valence-corrected chi connectivity index (χ2v) is 5.27. The van der Waals surface area contributed by atoms with Crippen LogP contribution in [0.3, 0.4) is 0 Å². The molecule has 0 bridgehead atoms. The summed E-state index contributed by atoms with van der Waals surface area (Å²) in [6.45, 7) is 1.95. The zero-order chi connectivity index (χ0) is 14.0. The summed E-state index contributed by atoms with van der Waals surface area (Å²) < 4.78 is 1.63. The fourth-order valence-corrected chi connectivity index (χ4v) is 3.08. The maximum Gasteiger partial charge on any atom is 0.327 e. The molecule has 1 saturated heterocycles. The quantitative estimate of drug-likeness (QED) is 0.863. The monoisotopic (exact) mass is 284 g/mol. The average molecular weight is 284 g/mol. The molecular weight excluding hydrogens is 268 g/mol. The molecule has 2 N–H and O–H groups in total. The van der Waals surface area contributed by atoms with Crippen LogP contribution >= 0.6 is 11.8 Å². The Morgan fingerprint density at radius 3 is 3.00 bits per heavy atom. The molecule has 104 valence electrons. The lowest BCUT2D eigenvalue weighted by Gasteiger charge is -2.20. The highest BCUT2D eigenvalue weighted by Crippen LogP contribution is 2.23. The van der Waals surface area contributed by atoms with Crippen LogP contribution in [0.1, 0.15) is 12.6 Å². The molecule has 1 aromatic rings. The maximum absolute atomic E-state index is 12.1. The van der Waals surface area contributed by atoms with Crippen molar-refractivity contribution in [2.75, 3.05) is 16.9 Å². The lowest BCUT2D eigenvalue weighted by Crippen LogP contribution is -2.44. The number of hydrogen-bond acceptors (Lipinski definition) is 4. The number of carboxylic acids is 1. The fraction of sp³-hybridized carbons (Fsp3) is 0.545. The van der Waals surface area contributed by atoms with E-state index in [1.807, 2.05) is 6.92 Å². The highest BCUT2D eigenvalue weighted by Gasteiger charge is 2.34. The van der Waals surface area contributed by atoms with Crippen molar-refractivity contribution < 1.29 is 14.7 Å². The van der Waals surface area contributed by atoms with E-state index < -0.39 is 12.0 Å². The Kier molecular flexibility index (Phi) is 3.98. The summed E-state index contributed by atoms with van der Waals surface area (Å²) in [5.41, 5.74) is 1.42. The van der Waals surface area contributed by atoms with Gasteiger partial charge in [-0.1, -0.05) is 6.92 Å². The molecule has 0 saturated carbocycles. The first-order valence-electron chi connectivity index (χ1n) is 5.93. The summed E-state index contributed by atoms with van der Waals surface area (Å²) in [5, 5.41) is 16.0. The molecule has 2 heterocycles. The summed E-state index contributed by atoms with van der Waals surface area (Å²) in [5.74, 6) is -0.150. The molecule has 1 aliphatic heterocycles. The summed E-state index contributed by atoms with van der Waals surface area (Å²) in [6, 6.07) is -1.15. The van der Waals surface area contributed by atoms with E-state index in [2.05, 4.69) is 10.4 Å². The molecule has 8 heteroatoms. The number of thioether (sulfide) groups is 1. The number of urea groups is 1. The van der Waals surface area contributed by atoms with E-state index in [-0.39, 0.29) is 6.03 Å². The zero-order valence-electron chi connectivity index (χ0n) is 10.8. The number of aryl methyl sites for hydroxylation is 2. The van der Waals surface area contributed by atoms with Crippen LogP contribution in [0.2, 0.25) is 0 Å². The first-order valence-corrected chi connectivity index (χ1v) is 7.09. The van der Waals surface area contributed by atoms with Crippen molar-refractivity contribution in [2.45, 2.75) is 19.4 Å². The number of nitrogens with zero attached hydrogens (tertiary/aromatic N) is 3. The number of carbonyl (C=O) groups is 2. The number of anilines is 1. The van der Waals surface area contributed by atoms with Crippen molar-refractivity contribution in [1.29, 1.82) is 0 Å². The van der Waals surface area contributed by atoms with Gasteiger partial charge in [0.05, 0.1) is 17.3 Å². The maximum atomic E-state index is 12.1. The Morgan fingerprint density at radius 1 is 1.63 bits per heavy atom. The van der Waals surface area contributed by atoms with E-state index >= 15 is 0 Å². The predicted octanol–water partition coefficient (Wildman–Crippen LogP) is 0.974. The molecule has 1 aromatic heterocycles. The first kappa shape index (κ1) is 13.7. The van der Waals surface area contributed by atoms with Crippen LogP contribution in [-0.2, 0) is 18.3 Å². The molecule has 19 heavy (non-hydrogen) atoms. The average Bonchev–Trinajstić information content (AvgIpc) is 2.95. The smallest absolute Gasteiger partial charge is 0.327 e. The Labute approximate surface area is 115 Å². The molecule has 0 spiro atoms. The molecule has 7 nitrogen and oxygen atoms in total. The number of aliphatic carboxylic acids is 1. The van der Waals surface area contributed by atoms with Gasteiger partial charge in [0.15, 0.2) is 0 Å². The number of aromatic nitrogens is 2. The van der Waals surface area contributed by atoms with Gasteiger partial charge in [0.25, 0.3) is 0 Å². The van der Waals surface area contributed by atoms with E-state index in [1.165, 1.54) is 16.7 Å². The van der Waals surface area contributed by atoms with Crippen molar-refractivity contribution >= 4 is 29.4 Å². The largest absolute Gasteiger partial charge is 0.480 e. The number of hydrogen-bond donors (Lipinski definition) is 2. The number of carboxylic acid groups (broad SMARTS) is 1. The number of nitrogens with one attached hydrogen (secondary N) is 1. The van der Waals surface area contributed by atoms with E-state index in [4.69, 9.17) is 5.11 Å². The van der Waals surface area contributed by atoms with Crippen LogP contribution in [0.5, 0.6) is 0 Å². The van der Waals surface area contributed by atoms with Gasteiger partial charge < -0.3 is 15.3 Å². The Bertz CT molecular complexity index is 502. The van der Waals surface area contributed by atoms with Gasteiger partial charge >= 0.3 is 12.0 Å². The minimum absolute atomic E-state index is 0.389. The van der Waals surface area contributed by atoms with Gasteiger partial charge in [0.2, 0.25) is 0 Å². The summed E-state index contributed by atoms with van der Waals surface area (Å²) >= 11 is 1.44. The van der Waals surface area contributed by atoms with Crippen LogP contribution in [0, 0.1) is 0 Å². The van der Waals surface area contributed by atoms with Crippen LogP contribution in [-0.4, -0.2) is 49.5 Å². The van der Waals surface area contributed by atoms with Crippen LogP contribution < -0.4 is 5.32 Å². The van der Waals surface area contributed by atoms with Crippen molar-refractivity contribution in [3.05, 3.63) is 11.9 Å². The standard InChI is InChI=1S/C11H16N4O3S/c1-3-7-8(4-14(2)13-7)12-11(18)15-6-19-5-9(15)10(16)17/h4,9H,3,5-6H2,1-2H3,(H,12,18)(H,16,17)/t9-/m0/s1. The van der Waals surface area contributed by atoms with E-state index in [9.17, 15) is 9.59 Å². The first-order chi connectivity index (χ1) is 9.02. The molecule has 1 aliphatic rings. The summed E-state index contributed by atoms with van der Waals surface area (Å²) in [6.07, 6.45) is 2.42. The Balaban J connectivity index is 2.10. The minimum atomic E-state index is -0.970. The number of amides is 2. The van der Waals surface area contributed by atoms with Gasteiger partial charge in [-0.2, -0.15) is 5.10 Å². The second kappa shape index (κ2) is 5.52. The third-order valence-corrected chi connectivity index (χ3v) is 3.92. The van der Waals surface area contributed by atoms with Crippen LogP contribution in [0.15, 0.2) is 6.20 Å². The number of rotatable bonds is 3. The zero-order valence-corrected chi connectivity index (χ0v) is 11.6. The molecule has 1 fully saturated rings. The molecule has 0 radical (unpaired) electrons. The van der Waals surface area contributed by atoms with Crippen molar-refractivity contribution in [1.82, 2.24) is 14.7 Å². The lowest BCUT2D eigenvalue weighted by atomic mass is 10.3. The minimum Gasteiger partial charge on any atom is -0.480 e. The van der Waals surface area contributed by atoms with Crippen molar-refractivity contribution in [3.63, 3.8) is 0 Å². The third kappa shape index (κ3) is 2.83. The third-order valence-electron chi connectivity index (χ3n) is 2.91.